The molecule has 2 aliphatic rings. The quantitative estimate of drug-likeness (QED) is 0.640. The molecule has 2 nitrogen and oxygen atoms in total. The summed E-state index contributed by atoms with van der Waals surface area (Å²) < 4.78 is 0. The average Bonchev–Trinajstić information content (AvgIpc) is 2.66. The third-order valence-corrected chi connectivity index (χ3v) is 5.55. The number of fused-ring (bicyclic) bond motifs is 7. The molecule has 25 heavy (non-hydrogen) atoms. The van der Waals surface area contributed by atoms with Crippen LogP contribution in [0.25, 0.3) is 33.2 Å². The minimum absolute atomic E-state index is 0.288. The minimum Gasteiger partial charge on any atom is -0.369 e. The molecule has 1 amide bonds. The fraction of sp³-hybridized carbons (Fsp3) is 0.0870. The molecule has 0 spiro atoms. The highest BCUT2D eigenvalue weighted by Crippen LogP contribution is 2.48. The molecule has 1 unspecified atom stereocenters. The molecular formula is C23H17NO. The Labute approximate surface area is 146 Å². The molecule has 3 aromatic carbocycles. The smallest absolute Gasteiger partial charge is 0.232 e. The van der Waals surface area contributed by atoms with Gasteiger partial charge in [0.1, 0.15) is 0 Å². The Morgan fingerprint density at radius 1 is 0.960 bits per heavy atom. The van der Waals surface area contributed by atoms with Gasteiger partial charge < -0.3 is 5.73 Å². The van der Waals surface area contributed by atoms with Crippen LogP contribution in [0.2, 0.25) is 0 Å². The zero-order valence-electron chi connectivity index (χ0n) is 13.7. The molecule has 0 aromatic heterocycles. The molecular weight excluding hydrogens is 306 g/mol. The van der Waals surface area contributed by atoms with Gasteiger partial charge in [-0.1, -0.05) is 78.9 Å². The summed E-state index contributed by atoms with van der Waals surface area (Å²) in [4.78, 5) is 12.3. The summed E-state index contributed by atoms with van der Waals surface area (Å²) in [5, 5.41) is 4.93. The predicted octanol–water partition coefficient (Wildman–Crippen LogP) is 4.83. The van der Waals surface area contributed by atoms with Gasteiger partial charge in [0, 0.05) is 0 Å². The van der Waals surface area contributed by atoms with Crippen molar-refractivity contribution >= 4 is 39.1 Å². The van der Waals surface area contributed by atoms with E-state index in [-0.39, 0.29) is 5.91 Å². The number of allylic oxidation sites excluding steroid dienone is 3. The summed E-state index contributed by atoms with van der Waals surface area (Å²) in [7, 11) is 0. The van der Waals surface area contributed by atoms with E-state index < -0.39 is 5.41 Å². The Bertz CT molecular complexity index is 1150. The van der Waals surface area contributed by atoms with Gasteiger partial charge in [0.2, 0.25) is 5.91 Å². The summed E-state index contributed by atoms with van der Waals surface area (Å²) in [6, 6.07) is 17.1. The Morgan fingerprint density at radius 3 is 2.68 bits per heavy atom. The average molecular weight is 323 g/mol. The van der Waals surface area contributed by atoms with Gasteiger partial charge >= 0.3 is 0 Å². The first-order valence-electron chi connectivity index (χ1n) is 8.52. The van der Waals surface area contributed by atoms with Crippen molar-refractivity contribution in [3.8, 4) is 0 Å². The van der Waals surface area contributed by atoms with Crippen molar-refractivity contribution in [1.29, 1.82) is 0 Å². The number of benzene rings is 3. The van der Waals surface area contributed by atoms with Gasteiger partial charge in [-0.3, -0.25) is 4.79 Å². The van der Waals surface area contributed by atoms with E-state index in [1.807, 2.05) is 24.3 Å². The molecule has 2 aliphatic carbocycles. The van der Waals surface area contributed by atoms with Crippen molar-refractivity contribution in [2.75, 3.05) is 0 Å². The van der Waals surface area contributed by atoms with Crippen molar-refractivity contribution < 1.29 is 4.79 Å². The summed E-state index contributed by atoms with van der Waals surface area (Å²) in [5.41, 5.74) is 8.36. The third-order valence-electron chi connectivity index (χ3n) is 5.55. The van der Waals surface area contributed by atoms with Gasteiger partial charge in [-0.05, 0) is 44.7 Å². The second kappa shape index (κ2) is 4.93. The monoisotopic (exact) mass is 323 g/mol. The van der Waals surface area contributed by atoms with Crippen LogP contribution in [0.1, 0.15) is 17.5 Å². The molecule has 120 valence electrons. The molecule has 0 bridgehead atoms. The highest BCUT2D eigenvalue weighted by atomic mass is 16.1. The number of primary amides is 1. The van der Waals surface area contributed by atoms with Gasteiger partial charge in [-0.25, -0.2) is 0 Å². The second-order valence-electron chi connectivity index (χ2n) is 6.79. The molecule has 0 fully saturated rings. The maximum Gasteiger partial charge on any atom is 0.232 e. The standard InChI is InChI=1S/C23H17NO/c24-22(25)23-13-4-3-7-21(23)20-11-10-17-16-6-2-1-5-15(16)8-9-18(17)19(20)12-14-23/h1-12,14H,13H2,(H2,24,25). The zero-order chi connectivity index (χ0) is 17.0. The molecule has 2 N–H and O–H groups in total. The number of hydrogen-bond donors (Lipinski definition) is 1. The molecule has 5 rings (SSSR count). The van der Waals surface area contributed by atoms with Crippen LogP contribution in [0.5, 0.6) is 0 Å². The number of hydrogen-bond acceptors (Lipinski definition) is 1. The van der Waals surface area contributed by atoms with Crippen molar-refractivity contribution in [1.82, 2.24) is 0 Å². The molecule has 0 radical (unpaired) electrons. The van der Waals surface area contributed by atoms with Crippen LogP contribution in [-0.4, -0.2) is 5.91 Å². The van der Waals surface area contributed by atoms with Crippen molar-refractivity contribution in [2.24, 2.45) is 11.1 Å². The molecule has 0 heterocycles. The maximum atomic E-state index is 12.3. The Kier molecular flexibility index (Phi) is 2.81. The number of amides is 1. The lowest BCUT2D eigenvalue weighted by Gasteiger charge is -2.35. The van der Waals surface area contributed by atoms with Crippen LogP contribution in [0.4, 0.5) is 0 Å². The van der Waals surface area contributed by atoms with E-state index in [4.69, 9.17) is 5.73 Å². The van der Waals surface area contributed by atoms with Gasteiger partial charge in [-0.2, -0.15) is 0 Å². The molecule has 2 heteroatoms. The lowest BCUT2D eigenvalue weighted by Crippen LogP contribution is -2.38. The van der Waals surface area contributed by atoms with Crippen molar-refractivity contribution in [3.05, 3.63) is 84.0 Å². The van der Waals surface area contributed by atoms with Gasteiger partial charge in [0.25, 0.3) is 0 Å². The number of carbonyl (C=O) groups is 1. The van der Waals surface area contributed by atoms with Crippen LogP contribution >= 0.6 is 0 Å². The summed E-state index contributed by atoms with van der Waals surface area (Å²) in [6.45, 7) is 0. The van der Waals surface area contributed by atoms with Crippen LogP contribution in [0.15, 0.2) is 72.8 Å². The van der Waals surface area contributed by atoms with Crippen LogP contribution in [-0.2, 0) is 4.79 Å². The first kappa shape index (κ1) is 14.2. The lowest BCUT2D eigenvalue weighted by molar-refractivity contribution is -0.122. The van der Waals surface area contributed by atoms with E-state index in [9.17, 15) is 4.79 Å². The van der Waals surface area contributed by atoms with Gasteiger partial charge in [0.05, 0.1) is 5.41 Å². The topological polar surface area (TPSA) is 43.1 Å². The molecule has 1 atom stereocenters. The summed E-state index contributed by atoms with van der Waals surface area (Å²) in [6.07, 6.45) is 10.8. The normalized spacial score (nSPS) is 21.0. The van der Waals surface area contributed by atoms with Crippen LogP contribution < -0.4 is 5.73 Å². The number of rotatable bonds is 1. The van der Waals surface area contributed by atoms with Crippen molar-refractivity contribution in [2.45, 2.75) is 6.42 Å². The van der Waals surface area contributed by atoms with E-state index in [1.165, 1.54) is 27.1 Å². The van der Waals surface area contributed by atoms with Crippen LogP contribution in [0.3, 0.4) is 0 Å². The fourth-order valence-electron chi connectivity index (χ4n) is 4.23. The Morgan fingerprint density at radius 2 is 1.80 bits per heavy atom. The molecule has 0 aliphatic heterocycles. The molecule has 0 saturated heterocycles. The zero-order valence-corrected chi connectivity index (χ0v) is 13.7. The second-order valence-corrected chi connectivity index (χ2v) is 6.79. The van der Waals surface area contributed by atoms with Crippen LogP contribution in [0, 0.1) is 5.41 Å². The van der Waals surface area contributed by atoms with E-state index >= 15 is 0 Å². The van der Waals surface area contributed by atoms with E-state index in [2.05, 4.69) is 54.6 Å². The van der Waals surface area contributed by atoms with Gasteiger partial charge in [-0.15, -0.1) is 0 Å². The predicted molar refractivity (Wildman–Crippen MR) is 104 cm³/mol. The van der Waals surface area contributed by atoms with E-state index in [0.29, 0.717) is 6.42 Å². The maximum absolute atomic E-state index is 12.3. The Hall–Kier alpha value is -3.13. The Balaban J connectivity index is 1.86. The fourth-order valence-corrected chi connectivity index (χ4v) is 4.23. The molecule has 3 aromatic rings. The number of nitrogens with two attached hydrogens (primary N) is 1. The van der Waals surface area contributed by atoms with E-state index in [0.717, 1.165) is 11.1 Å². The summed E-state index contributed by atoms with van der Waals surface area (Å²) >= 11 is 0. The van der Waals surface area contributed by atoms with E-state index in [1.54, 1.807) is 0 Å². The highest BCUT2D eigenvalue weighted by Gasteiger charge is 2.41. The van der Waals surface area contributed by atoms with Gasteiger partial charge in [0.15, 0.2) is 0 Å². The third kappa shape index (κ3) is 1.82. The van der Waals surface area contributed by atoms with Crippen molar-refractivity contribution in [3.63, 3.8) is 0 Å². The first-order valence-corrected chi connectivity index (χ1v) is 8.52. The SMILES string of the molecule is NC(=O)C12C=Cc3c(ccc4c3ccc3ccccc34)C1=CC=CC2. The molecule has 0 saturated carbocycles. The largest absolute Gasteiger partial charge is 0.369 e. The summed E-state index contributed by atoms with van der Waals surface area (Å²) in [5.74, 6) is -0.288. The lowest BCUT2D eigenvalue weighted by atomic mass is 9.67. The minimum atomic E-state index is -0.716. The number of carbonyl (C=O) groups excluding carboxylic acids is 1. The highest BCUT2D eigenvalue weighted by molar-refractivity contribution is 6.13. The first-order chi connectivity index (χ1) is 12.2.